The standard InChI is InChI=1S/C18H20N4OS2/c1-3-21(11-15-8-5-9-25-15)16(23)12-22-17(19-20-18(22)24)14-7-4-6-13(2)10-14/h4-10H,3,11-12H2,1-2H3,(H,20,24). The lowest BCUT2D eigenvalue weighted by molar-refractivity contribution is -0.132. The van der Waals surface area contributed by atoms with E-state index in [2.05, 4.69) is 10.2 Å². The van der Waals surface area contributed by atoms with Crippen LogP contribution < -0.4 is 0 Å². The van der Waals surface area contributed by atoms with Crippen molar-refractivity contribution in [3.05, 3.63) is 57.0 Å². The fraction of sp³-hybridized carbons (Fsp3) is 0.278. The first-order chi connectivity index (χ1) is 12.1. The van der Waals surface area contributed by atoms with E-state index in [4.69, 9.17) is 12.2 Å². The van der Waals surface area contributed by atoms with E-state index in [9.17, 15) is 4.79 Å². The highest BCUT2D eigenvalue weighted by molar-refractivity contribution is 7.71. The van der Waals surface area contributed by atoms with Crippen molar-refractivity contribution in [3.63, 3.8) is 0 Å². The SMILES string of the molecule is CCN(Cc1cccs1)C(=O)Cn1c(-c2cccc(C)c2)n[nH]c1=S. The Balaban J connectivity index is 1.83. The molecule has 3 rings (SSSR count). The number of nitrogens with zero attached hydrogens (tertiary/aromatic N) is 3. The van der Waals surface area contributed by atoms with Gasteiger partial charge in [0.05, 0.1) is 6.54 Å². The van der Waals surface area contributed by atoms with E-state index in [1.54, 1.807) is 15.9 Å². The molecule has 0 spiro atoms. The zero-order valence-corrected chi connectivity index (χ0v) is 15.9. The molecule has 2 heterocycles. The van der Waals surface area contributed by atoms with Crippen molar-refractivity contribution in [3.8, 4) is 11.4 Å². The van der Waals surface area contributed by atoms with Gasteiger partial charge in [0.15, 0.2) is 10.6 Å². The smallest absolute Gasteiger partial charge is 0.242 e. The van der Waals surface area contributed by atoms with Crippen LogP contribution in [0.1, 0.15) is 17.4 Å². The quantitative estimate of drug-likeness (QED) is 0.665. The molecule has 0 aliphatic heterocycles. The Morgan fingerprint density at radius 3 is 2.88 bits per heavy atom. The Kier molecular flexibility index (Phi) is 5.45. The van der Waals surface area contributed by atoms with Crippen LogP contribution in [0, 0.1) is 11.7 Å². The van der Waals surface area contributed by atoms with Crippen molar-refractivity contribution in [2.24, 2.45) is 0 Å². The highest BCUT2D eigenvalue weighted by atomic mass is 32.1. The number of rotatable bonds is 6. The number of carbonyl (C=O) groups excluding carboxylic acids is 1. The van der Waals surface area contributed by atoms with Crippen molar-refractivity contribution < 1.29 is 4.79 Å². The molecule has 0 saturated carbocycles. The van der Waals surface area contributed by atoms with E-state index in [0.717, 1.165) is 11.1 Å². The minimum atomic E-state index is 0.0299. The van der Waals surface area contributed by atoms with Gasteiger partial charge in [-0.2, -0.15) is 5.10 Å². The monoisotopic (exact) mass is 372 g/mol. The van der Waals surface area contributed by atoms with Crippen LogP contribution in [0.15, 0.2) is 41.8 Å². The minimum absolute atomic E-state index is 0.0299. The van der Waals surface area contributed by atoms with Gasteiger partial charge in [-0.25, -0.2) is 0 Å². The molecule has 5 nitrogen and oxygen atoms in total. The van der Waals surface area contributed by atoms with Crippen LogP contribution in [0.3, 0.4) is 0 Å². The van der Waals surface area contributed by atoms with Gasteiger partial charge in [0.1, 0.15) is 6.54 Å². The van der Waals surface area contributed by atoms with Gasteiger partial charge >= 0.3 is 0 Å². The predicted octanol–water partition coefficient (Wildman–Crippen LogP) is 4.03. The molecule has 2 aromatic heterocycles. The zero-order chi connectivity index (χ0) is 17.8. The summed E-state index contributed by atoms with van der Waals surface area (Å²) in [6, 6.07) is 12.1. The lowest BCUT2D eigenvalue weighted by atomic mass is 10.1. The van der Waals surface area contributed by atoms with Crippen LogP contribution >= 0.6 is 23.6 Å². The number of aryl methyl sites for hydroxylation is 1. The van der Waals surface area contributed by atoms with E-state index < -0.39 is 0 Å². The first-order valence-electron chi connectivity index (χ1n) is 8.11. The fourth-order valence-corrected chi connectivity index (χ4v) is 3.59. The number of hydrogen-bond donors (Lipinski definition) is 1. The fourth-order valence-electron chi connectivity index (χ4n) is 2.67. The Hall–Kier alpha value is -2.25. The van der Waals surface area contributed by atoms with Crippen molar-refractivity contribution >= 4 is 29.5 Å². The van der Waals surface area contributed by atoms with Crippen LogP contribution in [0.5, 0.6) is 0 Å². The van der Waals surface area contributed by atoms with Gasteiger partial charge < -0.3 is 4.90 Å². The Morgan fingerprint density at radius 1 is 1.36 bits per heavy atom. The van der Waals surface area contributed by atoms with Gasteiger partial charge in [0, 0.05) is 17.0 Å². The average molecular weight is 373 g/mol. The van der Waals surface area contributed by atoms with Gasteiger partial charge in [-0.1, -0.05) is 29.8 Å². The third-order valence-electron chi connectivity index (χ3n) is 3.99. The number of likely N-dealkylation sites (N-methyl/N-ethyl adjacent to an activating group) is 1. The molecule has 1 aromatic carbocycles. The number of nitrogens with one attached hydrogen (secondary N) is 1. The number of thiophene rings is 1. The molecule has 0 aliphatic rings. The summed E-state index contributed by atoms with van der Waals surface area (Å²) in [5, 5.41) is 9.15. The summed E-state index contributed by atoms with van der Waals surface area (Å²) in [6.45, 7) is 5.47. The molecule has 0 atom stereocenters. The summed E-state index contributed by atoms with van der Waals surface area (Å²) >= 11 is 7.00. The van der Waals surface area contributed by atoms with E-state index in [1.165, 1.54) is 4.88 Å². The molecule has 0 saturated heterocycles. The van der Waals surface area contributed by atoms with Gasteiger partial charge in [-0.05, 0) is 43.6 Å². The maximum absolute atomic E-state index is 12.8. The molecule has 7 heteroatoms. The average Bonchev–Trinajstić information content (AvgIpc) is 3.23. The van der Waals surface area contributed by atoms with Crippen LogP contribution in [0.25, 0.3) is 11.4 Å². The Labute approximate surface area is 155 Å². The molecule has 130 valence electrons. The van der Waals surface area contributed by atoms with Crippen LogP contribution in [0.4, 0.5) is 0 Å². The zero-order valence-electron chi connectivity index (χ0n) is 14.2. The molecular formula is C18H20N4OS2. The molecule has 1 amide bonds. The van der Waals surface area contributed by atoms with Gasteiger partial charge in [-0.3, -0.25) is 14.5 Å². The summed E-state index contributed by atoms with van der Waals surface area (Å²) < 4.78 is 2.22. The molecule has 0 bridgehead atoms. The summed E-state index contributed by atoms with van der Waals surface area (Å²) in [4.78, 5) is 15.8. The third kappa shape index (κ3) is 4.05. The van der Waals surface area contributed by atoms with Gasteiger partial charge in [0.2, 0.25) is 5.91 Å². The minimum Gasteiger partial charge on any atom is -0.336 e. The summed E-state index contributed by atoms with van der Waals surface area (Å²) in [7, 11) is 0. The summed E-state index contributed by atoms with van der Waals surface area (Å²) in [5.74, 6) is 0.719. The largest absolute Gasteiger partial charge is 0.336 e. The highest BCUT2D eigenvalue weighted by Crippen LogP contribution is 2.19. The predicted molar refractivity (Wildman–Crippen MR) is 103 cm³/mol. The van der Waals surface area contributed by atoms with Crippen molar-refractivity contribution in [2.75, 3.05) is 6.54 Å². The molecule has 0 unspecified atom stereocenters. The second-order valence-corrected chi connectivity index (χ2v) is 7.21. The van der Waals surface area contributed by atoms with Crippen LogP contribution in [-0.2, 0) is 17.9 Å². The Bertz CT molecular complexity index is 911. The molecule has 3 aromatic rings. The lowest BCUT2D eigenvalue weighted by Gasteiger charge is -2.20. The maximum atomic E-state index is 12.8. The van der Waals surface area contributed by atoms with E-state index in [1.807, 2.05) is 60.5 Å². The van der Waals surface area contributed by atoms with E-state index in [0.29, 0.717) is 23.7 Å². The van der Waals surface area contributed by atoms with Crippen molar-refractivity contribution in [1.82, 2.24) is 19.7 Å². The van der Waals surface area contributed by atoms with E-state index in [-0.39, 0.29) is 12.5 Å². The topological polar surface area (TPSA) is 53.9 Å². The first kappa shape index (κ1) is 17.6. The number of aromatic nitrogens is 3. The number of benzene rings is 1. The van der Waals surface area contributed by atoms with Crippen LogP contribution in [-0.4, -0.2) is 32.1 Å². The Morgan fingerprint density at radius 2 is 2.20 bits per heavy atom. The number of H-pyrrole nitrogens is 1. The number of hydrogen-bond acceptors (Lipinski definition) is 4. The second-order valence-electron chi connectivity index (χ2n) is 5.80. The maximum Gasteiger partial charge on any atom is 0.242 e. The molecule has 0 fully saturated rings. The number of amides is 1. The van der Waals surface area contributed by atoms with Gasteiger partial charge in [0.25, 0.3) is 0 Å². The van der Waals surface area contributed by atoms with Gasteiger partial charge in [-0.15, -0.1) is 11.3 Å². The molecular weight excluding hydrogens is 352 g/mol. The summed E-state index contributed by atoms with van der Waals surface area (Å²) in [5.41, 5.74) is 2.08. The van der Waals surface area contributed by atoms with Crippen molar-refractivity contribution in [2.45, 2.75) is 26.9 Å². The molecule has 1 N–H and O–H groups in total. The van der Waals surface area contributed by atoms with E-state index >= 15 is 0 Å². The number of carbonyl (C=O) groups is 1. The summed E-state index contributed by atoms with van der Waals surface area (Å²) in [6.07, 6.45) is 0. The molecule has 0 radical (unpaired) electrons. The van der Waals surface area contributed by atoms with Crippen LogP contribution in [0.2, 0.25) is 0 Å². The first-order valence-corrected chi connectivity index (χ1v) is 9.39. The molecule has 0 aliphatic carbocycles. The lowest BCUT2D eigenvalue weighted by Crippen LogP contribution is -2.33. The molecule has 25 heavy (non-hydrogen) atoms. The van der Waals surface area contributed by atoms with Crippen molar-refractivity contribution in [1.29, 1.82) is 0 Å². The normalized spacial score (nSPS) is 10.8. The third-order valence-corrected chi connectivity index (χ3v) is 5.16. The number of aromatic amines is 1. The highest BCUT2D eigenvalue weighted by Gasteiger charge is 2.17. The second kappa shape index (κ2) is 7.76.